The Hall–Kier alpha value is -1.96. The zero-order valence-corrected chi connectivity index (χ0v) is 14.5. The van der Waals surface area contributed by atoms with Crippen molar-refractivity contribution in [1.29, 1.82) is 0 Å². The molecule has 1 aromatic rings. The van der Waals surface area contributed by atoms with Crippen molar-refractivity contribution in [3.8, 4) is 5.75 Å². The van der Waals surface area contributed by atoms with Crippen molar-refractivity contribution in [2.45, 2.75) is 32.5 Å². The first-order chi connectivity index (χ1) is 11.7. The molecular formula is C17H25F3N4O. The minimum absolute atomic E-state index is 0.101. The van der Waals surface area contributed by atoms with Crippen LogP contribution in [0, 0.1) is 5.92 Å². The summed E-state index contributed by atoms with van der Waals surface area (Å²) in [6.07, 6.45) is -3.34. The second-order valence-electron chi connectivity index (χ2n) is 6.55. The molecule has 25 heavy (non-hydrogen) atoms. The van der Waals surface area contributed by atoms with Gasteiger partial charge in [-0.3, -0.25) is 9.89 Å². The van der Waals surface area contributed by atoms with Crippen molar-refractivity contribution in [2.75, 3.05) is 31.5 Å². The SMILES string of the molecule is CC(C)Oc1ccc(NC(N)=NCC2CCN(CC(F)(F)F)C2)cc1. The number of nitrogens with zero attached hydrogens (tertiary/aromatic N) is 2. The second kappa shape index (κ2) is 8.42. The topological polar surface area (TPSA) is 62.9 Å². The van der Waals surface area contributed by atoms with E-state index >= 15 is 0 Å². The molecule has 5 nitrogen and oxygen atoms in total. The zero-order valence-electron chi connectivity index (χ0n) is 14.5. The summed E-state index contributed by atoms with van der Waals surface area (Å²) < 4.78 is 42.7. The molecule has 1 aliphatic heterocycles. The van der Waals surface area contributed by atoms with E-state index in [0.29, 0.717) is 26.1 Å². The van der Waals surface area contributed by atoms with Crippen molar-refractivity contribution >= 4 is 11.6 Å². The lowest BCUT2D eigenvalue weighted by molar-refractivity contribution is -0.143. The lowest BCUT2D eigenvalue weighted by atomic mass is 10.1. The second-order valence-corrected chi connectivity index (χ2v) is 6.55. The van der Waals surface area contributed by atoms with Crippen LogP contribution >= 0.6 is 0 Å². The molecule has 1 aromatic carbocycles. The number of rotatable bonds is 6. The molecule has 0 amide bonds. The van der Waals surface area contributed by atoms with Crippen LogP contribution in [0.1, 0.15) is 20.3 Å². The molecule has 1 atom stereocenters. The first-order valence-corrected chi connectivity index (χ1v) is 8.34. The van der Waals surface area contributed by atoms with E-state index in [2.05, 4.69) is 10.3 Å². The molecule has 0 spiro atoms. The fourth-order valence-electron chi connectivity index (χ4n) is 2.76. The van der Waals surface area contributed by atoms with Gasteiger partial charge in [-0.2, -0.15) is 13.2 Å². The highest BCUT2D eigenvalue weighted by Crippen LogP contribution is 2.23. The standard InChI is InChI=1S/C17H25F3N4O/c1-12(2)25-15-5-3-14(4-6-15)23-16(21)22-9-13-7-8-24(10-13)11-17(18,19)20/h3-6,12-13H,7-11H2,1-2H3,(H3,21,22,23). The Kier molecular flexibility index (Phi) is 6.52. The van der Waals surface area contributed by atoms with Crippen LogP contribution in [-0.4, -0.2) is 49.3 Å². The molecule has 0 saturated carbocycles. The molecule has 140 valence electrons. The molecule has 2 rings (SSSR count). The van der Waals surface area contributed by atoms with Gasteiger partial charge in [0.1, 0.15) is 5.75 Å². The maximum atomic E-state index is 12.4. The van der Waals surface area contributed by atoms with Crippen LogP contribution in [0.15, 0.2) is 29.3 Å². The van der Waals surface area contributed by atoms with E-state index in [1.807, 2.05) is 38.1 Å². The van der Waals surface area contributed by atoms with Crippen molar-refractivity contribution in [3.05, 3.63) is 24.3 Å². The number of anilines is 1. The average molecular weight is 358 g/mol. The third-order valence-electron chi connectivity index (χ3n) is 3.79. The number of guanidine groups is 1. The van der Waals surface area contributed by atoms with Crippen LogP contribution in [0.4, 0.5) is 18.9 Å². The van der Waals surface area contributed by atoms with Crippen LogP contribution in [-0.2, 0) is 0 Å². The highest BCUT2D eigenvalue weighted by molar-refractivity contribution is 5.92. The number of likely N-dealkylation sites (tertiary alicyclic amines) is 1. The van der Waals surface area contributed by atoms with Crippen LogP contribution in [0.25, 0.3) is 0 Å². The van der Waals surface area contributed by atoms with E-state index in [4.69, 9.17) is 10.5 Å². The van der Waals surface area contributed by atoms with Gasteiger partial charge < -0.3 is 15.8 Å². The Morgan fingerprint density at radius 3 is 2.64 bits per heavy atom. The summed E-state index contributed by atoms with van der Waals surface area (Å²) in [5.41, 5.74) is 6.63. The Morgan fingerprint density at radius 1 is 1.36 bits per heavy atom. The maximum absolute atomic E-state index is 12.4. The number of alkyl halides is 3. The monoisotopic (exact) mass is 358 g/mol. The highest BCUT2D eigenvalue weighted by Gasteiger charge is 2.34. The maximum Gasteiger partial charge on any atom is 0.401 e. The van der Waals surface area contributed by atoms with Crippen molar-refractivity contribution in [1.82, 2.24) is 4.90 Å². The summed E-state index contributed by atoms with van der Waals surface area (Å²) in [7, 11) is 0. The number of benzene rings is 1. The van der Waals surface area contributed by atoms with Gasteiger partial charge in [-0.15, -0.1) is 0 Å². The smallest absolute Gasteiger partial charge is 0.401 e. The van der Waals surface area contributed by atoms with Gasteiger partial charge in [-0.1, -0.05) is 0 Å². The number of halogens is 3. The molecular weight excluding hydrogens is 333 g/mol. The van der Waals surface area contributed by atoms with Crippen molar-refractivity contribution in [2.24, 2.45) is 16.6 Å². The predicted molar refractivity (Wildman–Crippen MR) is 92.9 cm³/mol. The molecule has 1 fully saturated rings. The quantitative estimate of drug-likeness (QED) is 0.606. The summed E-state index contributed by atoms with van der Waals surface area (Å²) in [4.78, 5) is 5.66. The summed E-state index contributed by atoms with van der Waals surface area (Å²) >= 11 is 0. The minimum Gasteiger partial charge on any atom is -0.491 e. The molecule has 1 aliphatic rings. The number of hydrogen-bond acceptors (Lipinski definition) is 3. The van der Waals surface area contributed by atoms with Gasteiger partial charge in [0.25, 0.3) is 0 Å². The number of ether oxygens (including phenoxy) is 1. The summed E-state index contributed by atoms with van der Waals surface area (Å²) in [5, 5.41) is 2.97. The number of nitrogens with one attached hydrogen (secondary N) is 1. The van der Waals surface area contributed by atoms with Gasteiger partial charge in [0.05, 0.1) is 12.6 Å². The predicted octanol–water partition coefficient (Wildman–Crippen LogP) is 3.08. The van der Waals surface area contributed by atoms with E-state index < -0.39 is 12.7 Å². The summed E-state index contributed by atoms with van der Waals surface area (Å²) in [6.45, 7) is 4.32. The van der Waals surface area contributed by atoms with Crippen LogP contribution in [0.3, 0.4) is 0 Å². The van der Waals surface area contributed by atoms with Gasteiger partial charge in [-0.25, -0.2) is 0 Å². The molecule has 8 heteroatoms. The fraction of sp³-hybridized carbons (Fsp3) is 0.588. The molecule has 0 radical (unpaired) electrons. The normalized spacial score (nSPS) is 19.4. The van der Waals surface area contributed by atoms with E-state index in [1.165, 1.54) is 4.90 Å². The third-order valence-corrected chi connectivity index (χ3v) is 3.79. The minimum atomic E-state index is -4.15. The molecule has 0 bridgehead atoms. The Balaban J connectivity index is 1.78. The van der Waals surface area contributed by atoms with Gasteiger partial charge in [0.2, 0.25) is 0 Å². The molecule has 0 aromatic heterocycles. The Labute approximate surface area is 146 Å². The van der Waals surface area contributed by atoms with Crippen molar-refractivity contribution < 1.29 is 17.9 Å². The number of nitrogens with two attached hydrogens (primary N) is 1. The van der Waals surface area contributed by atoms with Crippen molar-refractivity contribution in [3.63, 3.8) is 0 Å². The molecule has 1 saturated heterocycles. The average Bonchev–Trinajstić information content (AvgIpc) is 2.92. The third kappa shape index (κ3) is 7.21. The van der Waals surface area contributed by atoms with Gasteiger partial charge >= 0.3 is 6.18 Å². The Morgan fingerprint density at radius 2 is 2.04 bits per heavy atom. The first kappa shape index (κ1) is 19.4. The number of hydrogen-bond donors (Lipinski definition) is 2. The van der Waals surface area contributed by atoms with Crippen LogP contribution in [0.2, 0.25) is 0 Å². The zero-order chi connectivity index (χ0) is 18.4. The fourth-order valence-corrected chi connectivity index (χ4v) is 2.76. The summed E-state index contributed by atoms with van der Waals surface area (Å²) in [6, 6.07) is 7.34. The van der Waals surface area contributed by atoms with Gasteiger partial charge in [0.15, 0.2) is 5.96 Å². The summed E-state index contributed by atoms with van der Waals surface area (Å²) in [5.74, 6) is 1.13. The van der Waals surface area contributed by atoms with E-state index in [0.717, 1.165) is 11.4 Å². The molecule has 3 N–H and O–H groups in total. The first-order valence-electron chi connectivity index (χ1n) is 8.34. The molecule has 0 aliphatic carbocycles. The van der Waals surface area contributed by atoms with E-state index in [-0.39, 0.29) is 18.0 Å². The molecule has 1 heterocycles. The highest BCUT2D eigenvalue weighted by atomic mass is 19.4. The van der Waals surface area contributed by atoms with E-state index in [9.17, 15) is 13.2 Å². The van der Waals surface area contributed by atoms with Crippen LogP contribution in [0.5, 0.6) is 5.75 Å². The largest absolute Gasteiger partial charge is 0.491 e. The number of aliphatic imine (C=N–C) groups is 1. The van der Waals surface area contributed by atoms with Gasteiger partial charge in [-0.05, 0) is 57.0 Å². The van der Waals surface area contributed by atoms with Crippen LogP contribution < -0.4 is 15.8 Å². The van der Waals surface area contributed by atoms with Gasteiger partial charge in [0, 0.05) is 18.8 Å². The molecule has 1 unspecified atom stereocenters. The Bertz CT molecular complexity index is 572. The lowest BCUT2D eigenvalue weighted by Crippen LogP contribution is -2.32. The lowest BCUT2D eigenvalue weighted by Gasteiger charge is -2.17. The van der Waals surface area contributed by atoms with E-state index in [1.54, 1.807) is 0 Å².